The molecule has 1 aromatic heterocycles. The van der Waals surface area contributed by atoms with Crippen LogP contribution in [0.15, 0.2) is 48.8 Å². The predicted molar refractivity (Wildman–Crippen MR) is 136 cm³/mol. The van der Waals surface area contributed by atoms with E-state index < -0.39 is 12.0 Å². The Balaban J connectivity index is 1.75. The largest absolute Gasteiger partial charge is 0.351 e. The number of carbonyl (C=O) groups is 2. The van der Waals surface area contributed by atoms with Crippen LogP contribution in [0.2, 0.25) is 0 Å². The molecule has 1 N–H and O–H groups in total. The number of nitrogens with zero attached hydrogens (tertiary/aromatic N) is 3. The van der Waals surface area contributed by atoms with Gasteiger partial charge in [0.15, 0.2) is 0 Å². The molecule has 2 fully saturated rings. The average Bonchev–Trinajstić information content (AvgIpc) is 2.82. The lowest BCUT2D eigenvalue weighted by molar-refractivity contribution is -0.131. The average molecular weight is 473 g/mol. The van der Waals surface area contributed by atoms with E-state index in [0.717, 1.165) is 37.7 Å². The molecule has 3 atom stereocenters. The smallest absolute Gasteiger partial charge is 0.248 e. The number of pyridine rings is 1. The van der Waals surface area contributed by atoms with Crippen LogP contribution in [0.25, 0.3) is 0 Å². The zero-order valence-electron chi connectivity index (χ0n) is 21.0. The number of nitrogens with one attached hydrogen (secondary N) is 1. The van der Waals surface area contributed by atoms with E-state index in [2.05, 4.69) is 37.1 Å². The highest BCUT2D eigenvalue weighted by Gasteiger charge is 2.43. The monoisotopic (exact) mass is 472 g/mol. The first-order valence-electron chi connectivity index (χ1n) is 12.8. The van der Waals surface area contributed by atoms with E-state index in [1.54, 1.807) is 23.4 Å². The highest BCUT2D eigenvalue weighted by molar-refractivity contribution is 6.03. The van der Waals surface area contributed by atoms with Crippen molar-refractivity contribution in [3.05, 3.63) is 59.9 Å². The van der Waals surface area contributed by atoms with E-state index in [-0.39, 0.29) is 29.2 Å². The third kappa shape index (κ3) is 5.56. The highest BCUT2D eigenvalue weighted by atomic mass is 16.2. The summed E-state index contributed by atoms with van der Waals surface area (Å²) in [6.07, 6.45) is 10.0. The minimum Gasteiger partial charge on any atom is -0.351 e. The van der Waals surface area contributed by atoms with Gasteiger partial charge in [0.2, 0.25) is 11.8 Å². The lowest BCUT2D eigenvalue weighted by atomic mass is 9.73. The van der Waals surface area contributed by atoms with Crippen LogP contribution in [0.3, 0.4) is 0 Å². The number of aromatic nitrogens is 1. The third-order valence-corrected chi connectivity index (χ3v) is 7.46. The zero-order valence-corrected chi connectivity index (χ0v) is 21.0. The number of nitriles is 1. The van der Waals surface area contributed by atoms with Crippen molar-refractivity contribution < 1.29 is 9.59 Å². The van der Waals surface area contributed by atoms with Gasteiger partial charge >= 0.3 is 0 Å². The normalized spacial score (nSPS) is 21.3. The van der Waals surface area contributed by atoms with Crippen molar-refractivity contribution in [2.24, 2.45) is 11.8 Å². The van der Waals surface area contributed by atoms with Crippen molar-refractivity contribution in [3.63, 3.8) is 0 Å². The maximum Gasteiger partial charge on any atom is 0.248 e. The van der Waals surface area contributed by atoms with Gasteiger partial charge in [-0.1, -0.05) is 58.2 Å². The molecule has 1 aromatic carbocycles. The summed E-state index contributed by atoms with van der Waals surface area (Å²) in [5.41, 5.74) is 2.45. The topological polar surface area (TPSA) is 86.1 Å². The maximum atomic E-state index is 14.0. The zero-order chi connectivity index (χ0) is 25.0. The van der Waals surface area contributed by atoms with Gasteiger partial charge in [0, 0.05) is 29.7 Å². The van der Waals surface area contributed by atoms with Crippen LogP contribution in [0.4, 0.5) is 5.69 Å². The summed E-state index contributed by atoms with van der Waals surface area (Å²) in [5, 5.41) is 12.8. The lowest BCUT2D eigenvalue weighted by Crippen LogP contribution is -2.51. The third-order valence-electron chi connectivity index (χ3n) is 7.46. The Bertz CT molecular complexity index is 1060. The summed E-state index contributed by atoms with van der Waals surface area (Å²) in [7, 11) is 0. The van der Waals surface area contributed by atoms with Crippen molar-refractivity contribution in [3.8, 4) is 6.07 Å². The van der Waals surface area contributed by atoms with E-state index in [1.165, 1.54) is 6.42 Å². The van der Waals surface area contributed by atoms with Gasteiger partial charge in [0.25, 0.3) is 0 Å². The molecule has 184 valence electrons. The number of benzene rings is 1. The molecule has 2 aromatic rings. The summed E-state index contributed by atoms with van der Waals surface area (Å²) in [5.74, 6) is -1.07. The van der Waals surface area contributed by atoms with Crippen LogP contribution in [0.1, 0.15) is 82.9 Å². The van der Waals surface area contributed by atoms with Gasteiger partial charge < -0.3 is 5.32 Å². The van der Waals surface area contributed by atoms with Gasteiger partial charge in [-0.3, -0.25) is 19.5 Å². The Morgan fingerprint density at radius 3 is 2.31 bits per heavy atom. The Morgan fingerprint density at radius 1 is 1.06 bits per heavy atom. The fourth-order valence-electron chi connectivity index (χ4n) is 5.14. The second kappa shape index (κ2) is 10.6. The fourth-order valence-corrected chi connectivity index (χ4v) is 5.14. The molecule has 0 saturated heterocycles. The Labute approximate surface area is 208 Å². The van der Waals surface area contributed by atoms with E-state index in [1.807, 2.05) is 30.3 Å². The van der Waals surface area contributed by atoms with E-state index in [9.17, 15) is 14.9 Å². The standard InChI is InChI=1S/C29H36N4O2/c1-29(2,3)22-12-14-24(15-13-22)33(28(35)25-16-11-20(25)18-30)26(21-8-7-17-31-19-21)27(34)32-23-9-5-4-6-10-23/h7-8,12-15,17,19-20,23,25-26H,4-6,9-11,16H2,1-3H3,(H,32,34). The van der Waals surface area contributed by atoms with Gasteiger partial charge in [0.05, 0.1) is 17.9 Å². The number of rotatable bonds is 6. The molecule has 2 aliphatic rings. The second-order valence-corrected chi connectivity index (χ2v) is 11.0. The Morgan fingerprint density at radius 2 is 1.77 bits per heavy atom. The summed E-state index contributed by atoms with van der Waals surface area (Å²) in [6, 6.07) is 13.1. The quantitative estimate of drug-likeness (QED) is 0.605. The molecular formula is C29H36N4O2. The van der Waals surface area contributed by atoms with Gasteiger partial charge in [-0.2, -0.15) is 5.26 Å². The molecule has 2 saturated carbocycles. The van der Waals surface area contributed by atoms with Gasteiger partial charge in [0.1, 0.15) is 6.04 Å². The van der Waals surface area contributed by atoms with Gasteiger partial charge in [-0.25, -0.2) is 0 Å². The van der Waals surface area contributed by atoms with E-state index in [0.29, 0.717) is 17.7 Å². The molecule has 0 aliphatic heterocycles. The van der Waals surface area contributed by atoms with Crippen molar-refractivity contribution in [1.29, 1.82) is 5.26 Å². The minimum atomic E-state index is -0.849. The molecule has 35 heavy (non-hydrogen) atoms. The second-order valence-electron chi connectivity index (χ2n) is 11.0. The van der Waals surface area contributed by atoms with Crippen LogP contribution in [-0.4, -0.2) is 22.8 Å². The molecule has 1 heterocycles. The fraction of sp³-hybridized carbons (Fsp3) is 0.517. The predicted octanol–water partition coefficient (Wildman–Crippen LogP) is 5.45. The van der Waals surface area contributed by atoms with Crippen LogP contribution in [0, 0.1) is 23.2 Å². The summed E-state index contributed by atoms with van der Waals surface area (Å²) >= 11 is 0. The number of carbonyl (C=O) groups excluding carboxylic acids is 2. The first-order valence-corrected chi connectivity index (χ1v) is 12.8. The first-order chi connectivity index (χ1) is 16.8. The molecule has 2 amide bonds. The lowest BCUT2D eigenvalue weighted by Gasteiger charge is -2.39. The number of hydrogen-bond acceptors (Lipinski definition) is 4. The van der Waals surface area contributed by atoms with Crippen LogP contribution in [0.5, 0.6) is 0 Å². The summed E-state index contributed by atoms with van der Waals surface area (Å²) in [6.45, 7) is 6.44. The molecule has 6 heteroatoms. The van der Waals surface area contributed by atoms with Crippen LogP contribution < -0.4 is 10.2 Å². The summed E-state index contributed by atoms with van der Waals surface area (Å²) in [4.78, 5) is 33.7. The van der Waals surface area contributed by atoms with Gasteiger partial charge in [-0.15, -0.1) is 0 Å². The Kier molecular flexibility index (Phi) is 7.54. The van der Waals surface area contributed by atoms with E-state index in [4.69, 9.17) is 0 Å². The van der Waals surface area contributed by atoms with E-state index >= 15 is 0 Å². The van der Waals surface area contributed by atoms with Crippen LogP contribution in [-0.2, 0) is 15.0 Å². The molecule has 2 aliphatic carbocycles. The molecule has 0 bridgehead atoms. The first kappa shape index (κ1) is 24.9. The molecule has 0 radical (unpaired) electrons. The molecule has 0 spiro atoms. The number of hydrogen-bond donors (Lipinski definition) is 1. The maximum absolute atomic E-state index is 14.0. The number of anilines is 1. The van der Waals surface area contributed by atoms with Crippen molar-refractivity contribution >= 4 is 17.5 Å². The molecule has 4 rings (SSSR count). The minimum absolute atomic E-state index is 0.0334. The molecular weight excluding hydrogens is 436 g/mol. The van der Waals surface area contributed by atoms with Crippen LogP contribution >= 0.6 is 0 Å². The van der Waals surface area contributed by atoms with Crippen molar-refractivity contribution in [2.45, 2.75) is 83.2 Å². The summed E-state index contributed by atoms with van der Waals surface area (Å²) < 4.78 is 0. The molecule has 3 unspecified atom stereocenters. The van der Waals surface area contributed by atoms with Crippen molar-refractivity contribution in [1.82, 2.24) is 10.3 Å². The number of amides is 2. The van der Waals surface area contributed by atoms with Crippen molar-refractivity contribution in [2.75, 3.05) is 4.90 Å². The Hall–Kier alpha value is -3.20. The van der Waals surface area contributed by atoms with Gasteiger partial charge in [-0.05, 0) is 54.9 Å². The molecule has 6 nitrogen and oxygen atoms in total. The highest BCUT2D eigenvalue weighted by Crippen LogP contribution is 2.39. The SMILES string of the molecule is CC(C)(C)c1ccc(N(C(=O)C2CCC2C#N)C(C(=O)NC2CCCCC2)c2cccnc2)cc1.